The Morgan fingerprint density at radius 1 is 1.08 bits per heavy atom. The molecule has 24 heavy (non-hydrogen) atoms. The lowest BCUT2D eigenvalue weighted by molar-refractivity contribution is 0.573. The van der Waals surface area contributed by atoms with Crippen molar-refractivity contribution in [1.82, 2.24) is 10.3 Å². The second-order valence-corrected chi connectivity index (χ2v) is 6.65. The third-order valence-corrected chi connectivity index (χ3v) is 4.51. The highest BCUT2D eigenvalue weighted by Gasteiger charge is 2.11. The molecule has 4 nitrogen and oxygen atoms in total. The smallest absolute Gasteiger partial charge is 0.171 e. The van der Waals surface area contributed by atoms with E-state index in [4.69, 9.17) is 12.2 Å². The highest BCUT2D eigenvalue weighted by molar-refractivity contribution is 7.80. The molecule has 0 amide bonds. The van der Waals surface area contributed by atoms with Gasteiger partial charge >= 0.3 is 0 Å². The highest BCUT2D eigenvalue weighted by atomic mass is 32.1. The van der Waals surface area contributed by atoms with Gasteiger partial charge in [-0.15, -0.1) is 0 Å². The number of pyridine rings is 1. The molecule has 0 bridgehead atoms. The molecule has 2 N–H and O–H groups in total. The van der Waals surface area contributed by atoms with Gasteiger partial charge in [-0.25, -0.2) is 4.98 Å². The normalized spacial score (nSPS) is 14.3. The van der Waals surface area contributed by atoms with Crippen molar-refractivity contribution in [2.45, 2.75) is 32.7 Å². The number of nitrogens with zero attached hydrogens (tertiary/aromatic N) is 2. The minimum atomic E-state index is 0.614. The summed E-state index contributed by atoms with van der Waals surface area (Å²) in [7, 11) is 0. The molecule has 3 rings (SSSR count). The van der Waals surface area contributed by atoms with Crippen molar-refractivity contribution in [1.29, 1.82) is 0 Å². The van der Waals surface area contributed by atoms with E-state index >= 15 is 0 Å². The first-order chi connectivity index (χ1) is 11.7. The number of piperidine rings is 1. The standard InChI is InChI=1S/C19H24N4S/c1-15-5-7-16(8-6-15)13-21-19(24)22-17-9-10-18(20-14-17)23-11-3-2-4-12-23/h5-10,14H,2-4,11-13H2,1H3,(H2,21,22,24). The molecule has 2 aromatic rings. The van der Waals surface area contributed by atoms with Crippen LogP contribution >= 0.6 is 12.2 Å². The molecule has 1 aliphatic heterocycles. The van der Waals surface area contributed by atoms with E-state index < -0.39 is 0 Å². The maximum Gasteiger partial charge on any atom is 0.171 e. The molecule has 0 radical (unpaired) electrons. The molecule has 0 atom stereocenters. The van der Waals surface area contributed by atoms with Crippen LogP contribution in [0.4, 0.5) is 11.5 Å². The van der Waals surface area contributed by atoms with Gasteiger partial charge in [0.05, 0.1) is 11.9 Å². The zero-order valence-electron chi connectivity index (χ0n) is 14.1. The van der Waals surface area contributed by atoms with Crippen LogP contribution in [0.5, 0.6) is 0 Å². The SMILES string of the molecule is Cc1ccc(CNC(=S)Nc2ccc(N3CCCCC3)nc2)cc1. The van der Waals surface area contributed by atoms with Crippen LogP contribution in [0.2, 0.25) is 0 Å². The Bertz CT molecular complexity index is 661. The lowest BCUT2D eigenvalue weighted by Gasteiger charge is -2.27. The van der Waals surface area contributed by atoms with Gasteiger partial charge in [0.2, 0.25) is 0 Å². The molecule has 1 aromatic carbocycles. The quantitative estimate of drug-likeness (QED) is 0.827. The van der Waals surface area contributed by atoms with Crippen molar-refractivity contribution in [3.05, 3.63) is 53.7 Å². The average Bonchev–Trinajstić information content (AvgIpc) is 2.63. The molecular weight excluding hydrogens is 316 g/mol. The Morgan fingerprint density at radius 2 is 1.83 bits per heavy atom. The molecular formula is C19H24N4S. The third kappa shape index (κ3) is 4.68. The number of aromatic nitrogens is 1. The Labute approximate surface area is 149 Å². The van der Waals surface area contributed by atoms with E-state index in [9.17, 15) is 0 Å². The maximum atomic E-state index is 5.36. The maximum absolute atomic E-state index is 5.36. The number of nitrogens with one attached hydrogen (secondary N) is 2. The minimum Gasteiger partial charge on any atom is -0.358 e. The van der Waals surface area contributed by atoms with E-state index in [-0.39, 0.29) is 0 Å². The monoisotopic (exact) mass is 340 g/mol. The number of hydrogen-bond acceptors (Lipinski definition) is 3. The van der Waals surface area contributed by atoms with Crippen molar-refractivity contribution in [3.8, 4) is 0 Å². The van der Waals surface area contributed by atoms with Gasteiger partial charge in [-0.3, -0.25) is 0 Å². The number of rotatable bonds is 4. The van der Waals surface area contributed by atoms with Crippen LogP contribution in [0.3, 0.4) is 0 Å². The van der Waals surface area contributed by atoms with E-state index in [1.54, 1.807) is 0 Å². The summed E-state index contributed by atoms with van der Waals surface area (Å²) in [6, 6.07) is 12.5. The molecule has 1 saturated heterocycles. The van der Waals surface area contributed by atoms with Gasteiger partial charge in [-0.2, -0.15) is 0 Å². The van der Waals surface area contributed by atoms with Gasteiger partial charge in [0, 0.05) is 19.6 Å². The summed E-state index contributed by atoms with van der Waals surface area (Å²) < 4.78 is 0. The van der Waals surface area contributed by atoms with Crippen LogP contribution in [0, 0.1) is 6.92 Å². The molecule has 1 fully saturated rings. The lowest BCUT2D eigenvalue weighted by Crippen LogP contribution is -2.30. The fraction of sp³-hybridized carbons (Fsp3) is 0.368. The summed E-state index contributed by atoms with van der Waals surface area (Å²) in [6.45, 7) is 5.02. The summed E-state index contributed by atoms with van der Waals surface area (Å²) in [5.74, 6) is 1.05. The van der Waals surface area contributed by atoms with Crippen molar-refractivity contribution >= 4 is 28.8 Å². The zero-order chi connectivity index (χ0) is 16.8. The van der Waals surface area contributed by atoms with E-state index in [1.165, 1.54) is 30.4 Å². The number of anilines is 2. The topological polar surface area (TPSA) is 40.2 Å². The third-order valence-electron chi connectivity index (χ3n) is 4.26. The van der Waals surface area contributed by atoms with E-state index in [2.05, 4.69) is 57.8 Å². The van der Waals surface area contributed by atoms with Crippen molar-refractivity contribution in [3.63, 3.8) is 0 Å². The molecule has 0 aliphatic carbocycles. The van der Waals surface area contributed by atoms with E-state index in [1.807, 2.05) is 12.3 Å². The summed E-state index contributed by atoms with van der Waals surface area (Å²) in [4.78, 5) is 6.91. The first-order valence-corrected chi connectivity index (χ1v) is 8.93. The second-order valence-electron chi connectivity index (χ2n) is 6.25. The summed E-state index contributed by atoms with van der Waals surface area (Å²) in [5.41, 5.74) is 3.39. The van der Waals surface area contributed by atoms with Gasteiger partial charge in [0.25, 0.3) is 0 Å². The van der Waals surface area contributed by atoms with Crippen molar-refractivity contribution < 1.29 is 0 Å². The summed E-state index contributed by atoms with van der Waals surface area (Å²) >= 11 is 5.36. The minimum absolute atomic E-state index is 0.614. The average molecular weight is 340 g/mol. The largest absolute Gasteiger partial charge is 0.358 e. The fourth-order valence-corrected chi connectivity index (χ4v) is 3.02. The number of thiocarbonyl (C=S) groups is 1. The Kier molecular flexibility index (Phi) is 5.64. The van der Waals surface area contributed by atoms with Crippen LogP contribution < -0.4 is 15.5 Å². The highest BCUT2D eigenvalue weighted by Crippen LogP contribution is 2.18. The Hall–Kier alpha value is -2.14. The molecule has 0 unspecified atom stereocenters. The van der Waals surface area contributed by atoms with Gasteiger partial charge in [-0.1, -0.05) is 29.8 Å². The first-order valence-electron chi connectivity index (χ1n) is 8.52. The summed E-state index contributed by atoms with van der Waals surface area (Å²) in [5, 5.41) is 7.03. The van der Waals surface area contributed by atoms with Gasteiger partial charge in [-0.05, 0) is 56.1 Å². The predicted molar refractivity (Wildman–Crippen MR) is 105 cm³/mol. The van der Waals surface area contributed by atoms with Gasteiger partial charge < -0.3 is 15.5 Å². The van der Waals surface area contributed by atoms with Gasteiger partial charge in [0.15, 0.2) is 5.11 Å². The van der Waals surface area contributed by atoms with E-state index in [0.717, 1.165) is 24.6 Å². The number of benzene rings is 1. The number of hydrogen-bond donors (Lipinski definition) is 2. The number of aryl methyl sites for hydroxylation is 1. The van der Waals surface area contributed by atoms with Crippen molar-refractivity contribution in [2.75, 3.05) is 23.3 Å². The van der Waals surface area contributed by atoms with Crippen LogP contribution in [0.1, 0.15) is 30.4 Å². The predicted octanol–water partition coefficient (Wildman–Crippen LogP) is 3.87. The molecule has 0 spiro atoms. The molecule has 1 aliphatic rings. The summed E-state index contributed by atoms with van der Waals surface area (Å²) in [6.07, 6.45) is 5.70. The van der Waals surface area contributed by atoms with E-state index in [0.29, 0.717) is 11.7 Å². The van der Waals surface area contributed by atoms with Crippen LogP contribution in [0.15, 0.2) is 42.6 Å². The van der Waals surface area contributed by atoms with Crippen LogP contribution in [-0.2, 0) is 6.54 Å². The molecule has 5 heteroatoms. The van der Waals surface area contributed by atoms with Crippen LogP contribution in [0.25, 0.3) is 0 Å². The fourth-order valence-electron chi connectivity index (χ4n) is 2.83. The molecule has 1 aromatic heterocycles. The van der Waals surface area contributed by atoms with Crippen LogP contribution in [-0.4, -0.2) is 23.2 Å². The Morgan fingerprint density at radius 3 is 2.50 bits per heavy atom. The van der Waals surface area contributed by atoms with Gasteiger partial charge in [0.1, 0.15) is 5.82 Å². The molecule has 2 heterocycles. The second kappa shape index (κ2) is 8.11. The zero-order valence-corrected chi connectivity index (χ0v) is 14.9. The first kappa shape index (κ1) is 16.7. The molecule has 0 saturated carbocycles. The Balaban J connectivity index is 1.49. The van der Waals surface area contributed by atoms with Crippen molar-refractivity contribution in [2.24, 2.45) is 0 Å². The molecule has 126 valence electrons. The lowest BCUT2D eigenvalue weighted by atomic mass is 10.1.